The van der Waals surface area contributed by atoms with Crippen molar-refractivity contribution in [3.8, 4) is 0 Å². The Labute approximate surface area is 118 Å². The minimum absolute atomic E-state index is 0.286. The highest BCUT2D eigenvalue weighted by Crippen LogP contribution is 2.29. The van der Waals surface area contributed by atoms with Crippen LogP contribution in [0.5, 0.6) is 0 Å². The Morgan fingerprint density at radius 1 is 1.37 bits per heavy atom. The third-order valence-electron chi connectivity index (χ3n) is 3.39. The van der Waals surface area contributed by atoms with E-state index in [0.717, 1.165) is 23.7 Å². The summed E-state index contributed by atoms with van der Waals surface area (Å²) in [6.07, 6.45) is 2.83. The van der Waals surface area contributed by atoms with Crippen molar-refractivity contribution in [1.82, 2.24) is 5.32 Å². The summed E-state index contributed by atoms with van der Waals surface area (Å²) in [5.41, 5.74) is 7.43. The Morgan fingerprint density at radius 2 is 2.11 bits per heavy atom. The fourth-order valence-corrected chi connectivity index (χ4v) is 2.64. The molecule has 3 N–H and O–H groups in total. The number of hydrogen-bond acceptors (Lipinski definition) is 3. The second-order valence-corrected chi connectivity index (χ2v) is 5.23. The summed E-state index contributed by atoms with van der Waals surface area (Å²) < 4.78 is 0. The number of nitrogens with two attached hydrogens (primary N) is 1. The topological polar surface area (TPSA) is 58.4 Å². The SMILES string of the molecule is NC(=O)CCNCc1c(Cl)cccc1N1CCCC1. The molecule has 1 aliphatic rings. The molecule has 1 aliphatic heterocycles. The maximum Gasteiger partial charge on any atom is 0.218 e. The molecule has 104 valence electrons. The quantitative estimate of drug-likeness (QED) is 0.783. The van der Waals surface area contributed by atoms with E-state index in [1.54, 1.807) is 0 Å². The van der Waals surface area contributed by atoms with Gasteiger partial charge in [0.05, 0.1) is 0 Å². The predicted octanol–water partition coefficient (Wildman–Crippen LogP) is 1.91. The van der Waals surface area contributed by atoms with Crippen LogP contribution in [0.2, 0.25) is 5.02 Å². The lowest BCUT2D eigenvalue weighted by atomic mass is 10.1. The third-order valence-corrected chi connectivity index (χ3v) is 3.74. The van der Waals surface area contributed by atoms with Crippen molar-refractivity contribution in [3.05, 3.63) is 28.8 Å². The predicted molar refractivity (Wildman–Crippen MR) is 78.4 cm³/mol. The fraction of sp³-hybridized carbons (Fsp3) is 0.500. The first-order valence-electron chi connectivity index (χ1n) is 6.70. The highest BCUT2D eigenvalue weighted by Gasteiger charge is 2.17. The number of hydrogen-bond donors (Lipinski definition) is 2. The van der Waals surface area contributed by atoms with Gasteiger partial charge in [0.2, 0.25) is 5.91 Å². The molecular weight excluding hydrogens is 262 g/mol. The standard InChI is InChI=1S/C14H20ClN3O/c15-12-4-3-5-13(18-8-1-2-9-18)11(12)10-17-7-6-14(16)19/h3-5,17H,1-2,6-10H2,(H2,16,19). The molecule has 0 unspecified atom stereocenters. The smallest absolute Gasteiger partial charge is 0.218 e. The molecule has 1 aromatic carbocycles. The maximum absolute atomic E-state index is 10.7. The van der Waals surface area contributed by atoms with Gasteiger partial charge in [0.15, 0.2) is 0 Å². The van der Waals surface area contributed by atoms with Crippen molar-refractivity contribution in [2.75, 3.05) is 24.5 Å². The number of nitrogens with zero attached hydrogens (tertiary/aromatic N) is 1. The van der Waals surface area contributed by atoms with Gasteiger partial charge in [-0.3, -0.25) is 4.79 Å². The summed E-state index contributed by atoms with van der Waals surface area (Å²) >= 11 is 6.29. The van der Waals surface area contributed by atoms with Gasteiger partial charge in [0.1, 0.15) is 0 Å². The second-order valence-electron chi connectivity index (χ2n) is 4.82. The minimum atomic E-state index is -0.286. The summed E-state index contributed by atoms with van der Waals surface area (Å²) in [4.78, 5) is 13.1. The van der Waals surface area contributed by atoms with E-state index in [-0.39, 0.29) is 5.91 Å². The van der Waals surface area contributed by atoms with Crippen LogP contribution in [0.3, 0.4) is 0 Å². The molecule has 1 saturated heterocycles. The lowest BCUT2D eigenvalue weighted by molar-refractivity contribution is -0.117. The number of nitrogens with one attached hydrogen (secondary N) is 1. The zero-order valence-electron chi connectivity index (χ0n) is 11.0. The molecule has 1 heterocycles. The van der Waals surface area contributed by atoms with E-state index >= 15 is 0 Å². The van der Waals surface area contributed by atoms with Crippen molar-refractivity contribution < 1.29 is 4.79 Å². The first-order valence-corrected chi connectivity index (χ1v) is 7.07. The molecule has 5 heteroatoms. The van der Waals surface area contributed by atoms with Crippen molar-refractivity contribution in [1.29, 1.82) is 0 Å². The Morgan fingerprint density at radius 3 is 2.79 bits per heavy atom. The molecule has 1 fully saturated rings. The average Bonchev–Trinajstić information content (AvgIpc) is 2.89. The molecule has 0 saturated carbocycles. The molecule has 2 rings (SSSR count). The van der Waals surface area contributed by atoms with E-state index in [2.05, 4.69) is 16.3 Å². The number of rotatable bonds is 6. The van der Waals surface area contributed by atoms with Gasteiger partial charge in [-0.25, -0.2) is 0 Å². The molecular formula is C14H20ClN3O. The van der Waals surface area contributed by atoms with Crippen LogP contribution in [0.25, 0.3) is 0 Å². The van der Waals surface area contributed by atoms with Gasteiger partial charge < -0.3 is 16.0 Å². The second kappa shape index (κ2) is 6.78. The largest absolute Gasteiger partial charge is 0.371 e. The van der Waals surface area contributed by atoms with Gasteiger partial charge in [-0.2, -0.15) is 0 Å². The highest BCUT2D eigenvalue weighted by molar-refractivity contribution is 6.31. The Kier molecular flexibility index (Phi) is 5.05. The number of carbonyl (C=O) groups excluding carboxylic acids is 1. The summed E-state index contributed by atoms with van der Waals surface area (Å²) in [6, 6.07) is 6.01. The molecule has 0 spiro atoms. The Hall–Kier alpha value is -1.26. The maximum atomic E-state index is 10.7. The summed E-state index contributed by atoms with van der Waals surface area (Å²) in [6.45, 7) is 3.43. The fourth-order valence-electron chi connectivity index (χ4n) is 2.40. The number of benzene rings is 1. The normalized spacial score (nSPS) is 14.9. The first-order chi connectivity index (χ1) is 9.18. The van der Waals surface area contributed by atoms with Crippen LogP contribution in [-0.2, 0) is 11.3 Å². The molecule has 0 radical (unpaired) electrons. The van der Waals surface area contributed by atoms with Crippen LogP contribution >= 0.6 is 11.6 Å². The van der Waals surface area contributed by atoms with Gasteiger partial charge in [0.25, 0.3) is 0 Å². The number of primary amides is 1. The van der Waals surface area contributed by atoms with E-state index in [4.69, 9.17) is 17.3 Å². The molecule has 0 aromatic heterocycles. The number of halogens is 1. The van der Waals surface area contributed by atoms with Gasteiger partial charge in [-0.15, -0.1) is 0 Å². The summed E-state index contributed by atoms with van der Waals surface area (Å²) in [7, 11) is 0. The van der Waals surface area contributed by atoms with Crippen molar-refractivity contribution >= 4 is 23.2 Å². The number of anilines is 1. The summed E-state index contributed by atoms with van der Waals surface area (Å²) in [5.74, 6) is -0.286. The number of amides is 1. The van der Waals surface area contributed by atoms with E-state index < -0.39 is 0 Å². The first kappa shape index (κ1) is 14.2. The van der Waals surface area contributed by atoms with Crippen LogP contribution in [0.15, 0.2) is 18.2 Å². The molecule has 1 aromatic rings. The molecule has 0 atom stereocenters. The monoisotopic (exact) mass is 281 g/mol. The minimum Gasteiger partial charge on any atom is -0.371 e. The highest BCUT2D eigenvalue weighted by atomic mass is 35.5. The zero-order valence-corrected chi connectivity index (χ0v) is 11.7. The van der Waals surface area contributed by atoms with Crippen LogP contribution in [0.4, 0.5) is 5.69 Å². The zero-order chi connectivity index (χ0) is 13.7. The van der Waals surface area contributed by atoms with Gasteiger partial charge in [0, 0.05) is 48.9 Å². The number of carbonyl (C=O) groups is 1. The van der Waals surface area contributed by atoms with Gasteiger partial charge in [-0.05, 0) is 25.0 Å². The van der Waals surface area contributed by atoms with E-state index in [9.17, 15) is 4.79 Å². The van der Waals surface area contributed by atoms with E-state index in [0.29, 0.717) is 19.5 Å². The van der Waals surface area contributed by atoms with Crippen molar-refractivity contribution in [2.24, 2.45) is 5.73 Å². The van der Waals surface area contributed by atoms with E-state index in [1.165, 1.54) is 18.5 Å². The lowest BCUT2D eigenvalue weighted by Crippen LogP contribution is -2.24. The van der Waals surface area contributed by atoms with Gasteiger partial charge in [-0.1, -0.05) is 17.7 Å². The summed E-state index contributed by atoms with van der Waals surface area (Å²) in [5, 5.41) is 4.00. The molecule has 1 amide bonds. The van der Waals surface area contributed by atoms with Crippen LogP contribution in [-0.4, -0.2) is 25.5 Å². The Balaban J connectivity index is 2.02. The molecule has 19 heavy (non-hydrogen) atoms. The lowest BCUT2D eigenvalue weighted by Gasteiger charge is -2.22. The van der Waals surface area contributed by atoms with Crippen molar-refractivity contribution in [3.63, 3.8) is 0 Å². The third kappa shape index (κ3) is 3.85. The van der Waals surface area contributed by atoms with Crippen molar-refractivity contribution in [2.45, 2.75) is 25.8 Å². The van der Waals surface area contributed by atoms with Crippen LogP contribution in [0.1, 0.15) is 24.8 Å². The van der Waals surface area contributed by atoms with Crippen LogP contribution in [0, 0.1) is 0 Å². The molecule has 0 bridgehead atoms. The van der Waals surface area contributed by atoms with Gasteiger partial charge >= 0.3 is 0 Å². The molecule has 4 nitrogen and oxygen atoms in total. The average molecular weight is 282 g/mol. The molecule has 0 aliphatic carbocycles. The Bertz CT molecular complexity index is 444. The van der Waals surface area contributed by atoms with E-state index in [1.807, 2.05) is 12.1 Å². The van der Waals surface area contributed by atoms with Crippen LogP contribution < -0.4 is 16.0 Å².